The number of nitrogens with two attached hydrogens (primary N) is 1. The normalized spacial score (nSPS) is 11.6. The van der Waals surface area contributed by atoms with Gasteiger partial charge in [-0.1, -0.05) is 38.1 Å². The molecule has 1 aromatic carbocycles. The molecule has 0 aliphatic rings. The van der Waals surface area contributed by atoms with E-state index in [-0.39, 0.29) is 5.41 Å². The average molecular weight is 259 g/mol. The highest BCUT2D eigenvalue weighted by Crippen LogP contribution is 2.25. The number of benzene rings is 1. The highest BCUT2D eigenvalue weighted by atomic mass is 16.5. The lowest BCUT2D eigenvalue weighted by atomic mass is 9.87. The minimum Gasteiger partial charge on any atom is -0.381 e. The van der Waals surface area contributed by atoms with Crippen LogP contribution in [0.5, 0.6) is 0 Å². The van der Waals surface area contributed by atoms with Crippen LogP contribution in [0.15, 0.2) is 34.9 Å². The number of nitrogens with zero attached hydrogens (tertiary/aromatic N) is 2. The highest BCUT2D eigenvalue weighted by molar-refractivity contribution is 5.48. The lowest BCUT2D eigenvalue weighted by Gasteiger charge is -2.22. The molecule has 4 heteroatoms. The van der Waals surface area contributed by atoms with Crippen LogP contribution in [0.3, 0.4) is 0 Å². The Morgan fingerprint density at radius 1 is 1.21 bits per heavy atom. The summed E-state index contributed by atoms with van der Waals surface area (Å²) in [6.45, 7) is 7.29. The minimum atomic E-state index is 0.177. The Bertz CT molecular complexity index is 537. The first-order chi connectivity index (χ1) is 8.86. The molecule has 102 valence electrons. The quantitative estimate of drug-likeness (QED) is 0.919. The Hall–Kier alpha value is -1.97. The number of anilines is 2. The number of aromatic nitrogens is 1. The molecule has 0 radical (unpaired) electrons. The molecule has 1 aromatic heterocycles. The van der Waals surface area contributed by atoms with Crippen LogP contribution in [0, 0.1) is 0 Å². The predicted molar refractivity (Wildman–Crippen MR) is 78.2 cm³/mol. The summed E-state index contributed by atoms with van der Waals surface area (Å²) in [4.78, 5) is 2.10. The van der Waals surface area contributed by atoms with Gasteiger partial charge in [0, 0.05) is 18.8 Å². The molecule has 2 N–H and O–H groups in total. The first-order valence-electron chi connectivity index (χ1n) is 6.39. The summed E-state index contributed by atoms with van der Waals surface area (Å²) in [5.74, 6) is 1.19. The van der Waals surface area contributed by atoms with Crippen molar-refractivity contribution in [2.24, 2.45) is 0 Å². The standard InChI is InChI=1S/C15H21N3O/c1-15(2,3)11-5-7-12(8-6-11)18(4)10-13-9-14(16)17-19-13/h5-9H,10H2,1-4H3,(H2,16,17). The summed E-state index contributed by atoms with van der Waals surface area (Å²) >= 11 is 0. The highest BCUT2D eigenvalue weighted by Gasteiger charge is 2.13. The lowest BCUT2D eigenvalue weighted by Crippen LogP contribution is -2.16. The molecule has 1 heterocycles. The maximum absolute atomic E-state index is 5.54. The van der Waals surface area contributed by atoms with Gasteiger partial charge < -0.3 is 15.2 Å². The molecule has 0 aliphatic carbocycles. The van der Waals surface area contributed by atoms with Gasteiger partial charge in [0.1, 0.15) is 0 Å². The minimum absolute atomic E-state index is 0.177. The van der Waals surface area contributed by atoms with Crippen LogP contribution < -0.4 is 10.6 Å². The predicted octanol–water partition coefficient (Wildman–Crippen LogP) is 3.19. The molecule has 2 rings (SSSR count). The van der Waals surface area contributed by atoms with E-state index in [0.29, 0.717) is 12.4 Å². The van der Waals surface area contributed by atoms with Gasteiger partial charge in [0.2, 0.25) is 0 Å². The van der Waals surface area contributed by atoms with Crippen LogP contribution in [0.4, 0.5) is 11.5 Å². The third kappa shape index (κ3) is 3.28. The van der Waals surface area contributed by atoms with E-state index in [2.05, 4.69) is 55.1 Å². The van der Waals surface area contributed by atoms with Gasteiger partial charge in [0.15, 0.2) is 11.6 Å². The molecular weight excluding hydrogens is 238 g/mol. The fraction of sp³-hybridized carbons (Fsp3) is 0.400. The van der Waals surface area contributed by atoms with Crippen LogP contribution in [0.2, 0.25) is 0 Å². The van der Waals surface area contributed by atoms with E-state index in [0.717, 1.165) is 11.4 Å². The average Bonchev–Trinajstić information content (AvgIpc) is 2.74. The van der Waals surface area contributed by atoms with E-state index in [1.54, 1.807) is 6.07 Å². The monoisotopic (exact) mass is 259 g/mol. The van der Waals surface area contributed by atoms with Crippen molar-refractivity contribution in [1.29, 1.82) is 0 Å². The van der Waals surface area contributed by atoms with Gasteiger partial charge in [-0.25, -0.2) is 0 Å². The van der Waals surface area contributed by atoms with Crippen LogP contribution in [-0.4, -0.2) is 12.2 Å². The maximum Gasteiger partial charge on any atom is 0.167 e. The van der Waals surface area contributed by atoms with Gasteiger partial charge in [0.05, 0.1) is 6.54 Å². The van der Waals surface area contributed by atoms with Crippen LogP contribution in [0.1, 0.15) is 32.1 Å². The zero-order valence-electron chi connectivity index (χ0n) is 12.0. The smallest absolute Gasteiger partial charge is 0.167 e. The third-order valence-corrected chi connectivity index (χ3v) is 3.14. The molecule has 4 nitrogen and oxygen atoms in total. The molecule has 0 saturated carbocycles. The number of nitrogen functional groups attached to an aromatic ring is 1. The van der Waals surface area contributed by atoms with E-state index in [9.17, 15) is 0 Å². The molecule has 0 spiro atoms. The fourth-order valence-electron chi connectivity index (χ4n) is 1.94. The Kier molecular flexibility index (Phi) is 3.51. The van der Waals surface area contributed by atoms with Crippen molar-refractivity contribution in [2.75, 3.05) is 17.7 Å². The molecule has 0 aliphatic heterocycles. The van der Waals surface area contributed by atoms with Gasteiger partial charge in [-0.2, -0.15) is 0 Å². The summed E-state index contributed by atoms with van der Waals surface area (Å²) in [6.07, 6.45) is 0. The first kappa shape index (κ1) is 13.5. The van der Waals surface area contributed by atoms with E-state index < -0.39 is 0 Å². The van der Waals surface area contributed by atoms with Crippen molar-refractivity contribution < 1.29 is 4.52 Å². The fourth-order valence-corrected chi connectivity index (χ4v) is 1.94. The summed E-state index contributed by atoms with van der Waals surface area (Å²) in [7, 11) is 2.02. The van der Waals surface area contributed by atoms with Gasteiger partial charge >= 0.3 is 0 Å². The van der Waals surface area contributed by atoms with E-state index in [1.807, 2.05) is 7.05 Å². The maximum atomic E-state index is 5.54. The Morgan fingerprint density at radius 3 is 2.32 bits per heavy atom. The molecule has 0 bridgehead atoms. The third-order valence-electron chi connectivity index (χ3n) is 3.14. The molecule has 0 amide bonds. The van der Waals surface area contributed by atoms with E-state index in [4.69, 9.17) is 10.3 Å². The van der Waals surface area contributed by atoms with Crippen LogP contribution >= 0.6 is 0 Å². The summed E-state index contributed by atoms with van der Waals surface area (Å²) in [5, 5.41) is 3.69. The zero-order valence-corrected chi connectivity index (χ0v) is 12.0. The van der Waals surface area contributed by atoms with Crippen LogP contribution in [0.25, 0.3) is 0 Å². The van der Waals surface area contributed by atoms with Gasteiger partial charge in [-0.05, 0) is 23.1 Å². The molecule has 0 atom stereocenters. The van der Waals surface area contributed by atoms with Gasteiger partial charge in [0.25, 0.3) is 0 Å². The second kappa shape index (κ2) is 4.96. The molecule has 2 aromatic rings. The Balaban J connectivity index is 2.09. The summed E-state index contributed by atoms with van der Waals surface area (Å²) < 4.78 is 5.12. The van der Waals surface area contributed by atoms with Crippen LogP contribution in [-0.2, 0) is 12.0 Å². The van der Waals surface area contributed by atoms with Gasteiger partial charge in [-0.3, -0.25) is 0 Å². The largest absolute Gasteiger partial charge is 0.381 e. The van der Waals surface area contributed by atoms with E-state index >= 15 is 0 Å². The number of hydrogen-bond acceptors (Lipinski definition) is 4. The molecule has 0 unspecified atom stereocenters. The second-order valence-electron chi connectivity index (χ2n) is 5.87. The SMILES string of the molecule is CN(Cc1cc(N)no1)c1ccc(C(C)(C)C)cc1. The summed E-state index contributed by atoms with van der Waals surface area (Å²) in [6, 6.07) is 10.3. The number of rotatable bonds is 3. The van der Waals surface area contributed by atoms with Crippen molar-refractivity contribution >= 4 is 11.5 Å². The molecular formula is C15H21N3O. The first-order valence-corrected chi connectivity index (χ1v) is 6.39. The Labute approximate surface area is 114 Å². The Morgan fingerprint density at radius 2 is 1.84 bits per heavy atom. The molecule has 0 fully saturated rings. The van der Waals surface area contributed by atoms with Crippen molar-refractivity contribution in [3.63, 3.8) is 0 Å². The van der Waals surface area contributed by atoms with Gasteiger partial charge in [-0.15, -0.1) is 0 Å². The molecule has 0 saturated heterocycles. The number of hydrogen-bond donors (Lipinski definition) is 1. The van der Waals surface area contributed by atoms with Crippen molar-refractivity contribution in [2.45, 2.75) is 32.7 Å². The second-order valence-corrected chi connectivity index (χ2v) is 5.87. The lowest BCUT2D eigenvalue weighted by molar-refractivity contribution is 0.385. The topological polar surface area (TPSA) is 55.3 Å². The van der Waals surface area contributed by atoms with Crippen molar-refractivity contribution in [1.82, 2.24) is 5.16 Å². The van der Waals surface area contributed by atoms with E-state index in [1.165, 1.54) is 5.56 Å². The van der Waals surface area contributed by atoms with Crippen molar-refractivity contribution in [3.8, 4) is 0 Å². The van der Waals surface area contributed by atoms with Crippen molar-refractivity contribution in [3.05, 3.63) is 41.7 Å². The summed E-state index contributed by atoms with van der Waals surface area (Å²) in [5.41, 5.74) is 8.18. The zero-order chi connectivity index (χ0) is 14.0. The molecule has 19 heavy (non-hydrogen) atoms.